The summed E-state index contributed by atoms with van der Waals surface area (Å²) >= 11 is 0. The van der Waals surface area contributed by atoms with Crippen molar-refractivity contribution in [3.05, 3.63) is 101 Å². The van der Waals surface area contributed by atoms with E-state index in [4.69, 9.17) is 0 Å². The molecule has 1 amide bonds. The highest BCUT2D eigenvalue weighted by molar-refractivity contribution is 8.25. The van der Waals surface area contributed by atoms with Gasteiger partial charge in [-0.3, -0.25) is 18.2 Å². The summed E-state index contributed by atoms with van der Waals surface area (Å²) in [7, 11) is -3.05. The number of carbonyl (C=O) groups is 1. The molecule has 12 heteroatoms. The SMILES string of the molecule is CCn1ccc2c(N3CCCCS3(O)O)cc(C(=O)N[C@@H](Cc3ccccc3)[C@@H](O)CNCc3cccc(C(F)(F)F)c3)cc21. The largest absolute Gasteiger partial charge is 0.416 e. The van der Waals surface area contributed by atoms with Gasteiger partial charge in [-0.15, -0.1) is 10.8 Å². The van der Waals surface area contributed by atoms with Crippen LogP contribution in [0.4, 0.5) is 18.9 Å². The number of nitrogens with zero attached hydrogens (tertiary/aromatic N) is 2. The molecule has 45 heavy (non-hydrogen) atoms. The molecule has 1 aromatic heterocycles. The van der Waals surface area contributed by atoms with E-state index in [1.54, 1.807) is 22.5 Å². The number of hydrogen-bond acceptors (Lipinski definition) is 6. The van der Waals surface area contributed by atoms with Crippen LogP contribution in [0.25, 0.3) is 10.9 Å². The number of rotatable bonds is 11. The van der Waals surface area contributed by atoms with Crippen LogP contribution in [-0.4, -0.2) is 55.7 Å². The summed E-state index contributed by atoms with van der Waals surface area (Å²) < 4.78 is 64.8. The molecular weight excluding hydrogens is 605 g/mol. The molecule has 242 valence electrons. The fourth-order valence-electron chi connectivity index (χ4n) is 5.74. The van der Waals surface area contributed by atoms with Crippen LogP contribution < -0.4 is 14.9 Å². The van der Waals surface area contributed by atoms with Crippen LogP contribution in [-0.2, 0) is 25.7 Å². The number of aliphatic hydroxyl groups is 1. The zero-order valence-electron chi connectivity index (χ0n) is 25.0. The van der Waals surface area contributed by atoms with E-state index in [9.17, 15) is 32.2 Å². The second-order valence-electron chi connectivity index (χ2n) is 11.3. The van der Waals surface area contributed by atoms with Crippen molar-refractivity contribution in [2.24, 2.45) is 0 Å². The van der Waals surface area contributed by atoms with Gasteiger partial charge < -0.3 is 20.3 Å². The van der Waals surface area contributed by atoms with Crippen molar-refractivity contribution in [2.45, 2.75) is 57.6 Å². The van der Waals surface area contributed by atoms with Crippen LogP contribution in [0.5, 0.6) is 0 Å². The van der Waals surface area contributed by atoms with Gasteiger partial charge in [0.05, 0.1) is 34.7 Å². The number of alkyl halides is 3. The van der Waals surface area contributed by atoms with E-state index < -0.39 is 40.6 Å². The molecular formula is C33H39F3N4O4S. The number of nitrogens with one attached hydrogen (secondary N) is 2. The van der Waals surface area contributed by atoms with Gasteiger partial charge in [-0.25, -0.2) is 0 Å². The van der Waals surface area contributed by atoms with E-state index in [2.05, 4.69) is 10.6 Å². The van der Waals surface area contributed by atoms with E-state index >= 15 is 0 Å². The van der Waals surface area contributed by atoms with Gasteiger partial charge in [0.25, 0.3) is 5.91 Å². The third-order valence-corrected chi connectivity index (χ3v) is 10.1. The van der Waals surface area contributed by atoms with E-state index in [1.165, 1.54) is 6.07 Å². The van der Waals surface area contributed by atoms with Gasteiger partial charge in [0.2, 0.25) is 0 Å². The molecule has 0 aliphatic carbocycles. The lowest BCUT2D eigenvalue weighted by atomic mass is 10.00. The molecule has 2 atom stereocenters. The quantitative estimate of drug-likeness (QED) is 0.129. The van der Waals surface area contributed by atoms with Crippen LogP contribution in [0.3, 0.4) is 0 Å². The van der Waals surface area contributed by atoms with E-state index in [-0.39, 0.29) is 18.8 Å². The van der Waals surface area contributed by atoms with Crippen molar-refractivity contribution in [3.8, 4) is 0 Å². The number of amides is 1. The van der Waals surface area contributed by atoms with Crippen molar-refractivity contribution in [1.29, 1.82) is 0 Å². The summed E-state index contributed by atoms with van der Waals surface area (Å²) in [6, 6.07) is 19.0. The minimum atomic E-state index is -4.45. The second-order valence-corrected chi connectivity index (χ2v) is 13.5. The average molecular weight is 645 g/mol. The van der Waals surface area contributed by atoms with Crippen LogP contribution in [0.15, 0.2) is 79.0 Å². The number of aromatic nitrogens is 1. The number of aryl methyl sites for hydroxylation is 1. The number of anilines is 1. The zero-order chi connectivity index (χ0) is 32.2. The maximum Gasteiger partial charge on any atom is 0.416 e. The Kier molecular flexibility index (Phi) is 10.1. The lowest BCUT2D eigenvalue weighted by Crippen LogP contribution is -2.48. The van der Waals surface area contributed by atoms with Crippen molar-refractivity contribution < 1.29 is 32.2 Å². The van der Waals surface area contributed by atoms with Gasteiger partial charge in [0.1, 0.15) is 0 Å². The molecule has 4 aromatic rings. The molecule has 0 bridgehead atoms. The fraction of sp³-hybridized carbons (Fsp3) is 0.364. The number of halogens is 3. The number of carbonyl (C=O) groups excluding carboxylic acids is 1. The average Bonchev–Trinajstić information content (AvgIpc) is 3.43. The predicted molar refractivity (Wildman–Crippen MR) is 172 cm³/mol. The van der Waals surface area contributed by atoms with Gasteiger partial charge >= 0.3 is 6.18 Å². The standard InChI is InChI=1S/C33H39F3N4O4S/c1-2-39-15-13-27-29(39)19-25(20-30(27)40-14-6-7-16-45(40,43)44)32(42)38-28(18-23-9-4-3-5-10-23)31(41)22-37-21-24-11-8-12-26(17-24)33(34,35)36/h3-5,8-13,15,17,19-20,28,31,37,41,43-44H,2,6-7,14,16,18,21-22H2,1H3,(H,38,42)/t28-,31-/m0/s1. The first-order valence-electron chi connectivity index (χ1n) is 15.0. The Hall–Kier alpha value is -3.55. The lowest BCUT2D eigenvalue weighted by Gasteiger charge is -2.47. The summed E-state index contributed by atoms with van der Waals surface area (Å²) in [6.45, 7) is 3.21. The highest BCUT2D eigenvalue weighted by Gasteiger charge is 2.31. The maximum absolute atomic E-state index is 13.8. The number of hydrogen-bond donors (Lipinski definition) is 5. The van der Waals surface area contributed by atoms with Crippen molar-refractivity contribution in [2.75, 3.05) is 23.1 Å². The second kappa shape index (κ2) is 13.8. The Morgan fingerprint density at radius 1 is 1.00 bits per heavy atom. The Morgan fingerprint density at radius 3 is 2.47 bits per heavy atom. The predicted octanol–water partition coefficient (Wildman–Crippen LogP) is 6.44. The third kappa shape index (κ3) is 7.82. The minimum Gasteiger partial charge on any atom is -0.390 e. The highest BCUT2D eigenvalue weighted by atomic mass is 32.3. The Balaban J connectivity index is 1.38. The maximum atomic E-state index is 13.8. The Labute approximate surface area is 262 Å². The Morgan fingerprint density at radius 2 is 1.76 bits per heavy atom. The third-order valence-electron chi connectivity index (χ3n) is 8.14. The van der Waals surface area contributed by atoms with Crippen molar-refractivity contribution >= 4 is 33.3 Å². The number of fused-ring (bicyclic) bond motifs is 1. The molecule has 5 rings (SSSR count). The fourth-order valence-corrected chi connectivity index (χ4v) is 7.44. The van der Waals surface area contributed by atoms with Crippen molar-refractivity contribution in [1.82, 2.24) is 15.2 Å². The zero-order valence-corrected chi connectivity index (χ0v) is 25.8. The van der Waals surface area contributed by atoms with Gasteiger partial charge in [0.15, 0.2) is 0 Å². The first-order chi connectivity index (χ1) is 21.5. The Bertz CT molecular complexity index is 1610. The van der Waals surface area contributed by atoms with Crippen LogP contribution in [0, 0.1) is 0 Å². The summed E-state index contributed by atoms with van der Waals surface area (Å²) in [4.78, 5) is 13.8. The molecule has 0 saturated carbocycles. The molecule has 0 radical (unpaired) electrons. The smallest absolute Gasteiger partial charge is 0.390 e. The molecule has 0 spiro atoms. The first kappa shape index (κ1) is 32.8. The molecule has 1 fully saturated rings. The number of benzene rings is 3. The normalized spacial score (nSPS) is 17.2. The van der Waals surface area contributed by atoms with E-state index in [0.29, 0.717) is 42.7 Å². The summed E-state index contributed by atoms with van der Waals surface area (Å²) in [5.41, 5.74) is 2.24. The van der Waals surface area contributed by atoms with Gasteiger partial charge in [-0.2, -0.15) is 13.2 Å². The summed E-state index contributed by atoms with van der Waals surface area (Å²) in [6.07, 6.45) is -1.81. The molecule has 3 aromatic carbocycles. The monoisotopic (exact) mass is 644 g/mol. The van der Waals surface area contributed by atoms with Gasteiger partial charge in [-0.1, -0.05) is 48.5 Å². The van der Waals surface area contributed by atoms with Crippen LogP contribution >= 0.6 is 10.8 Å². The molecule has 5 N–H and O–H groups in total. The summed E-state index contributed by atoms with van der Waals surface area (Å²) in [5.74, 6) is -0.175. The van der Waals surface area contributed by atoms with Gasteiger partial charge in [0, 0.05) is 43.3 Å². The molecule has 1 aliphatic heterocycles. The minimum absolute atomic E-state index is 0.0195. The molecule has 0 unspecified atom stereocenters. The number of aliphatic hydroxyl groups excluding tert-OH is 1. The highest BCUT2D eigenvalue weighted by Crippen LogP contribution is 2.51. The van der Waals surface area contributed by atoms with E-state index in [0.717, 1.165) is 35.0 Å². The first-order valence-corrected chi connectivity index (χ1v) is 16.7. The lowest BCUT2D eigenvalue weighted by molar-refractivity contribution is -0.137. The molecule has 2 heterocycles. The van der Waals surface area contributed by atoms with Gasteiger partial charge in [-0.05, 0) is 61.6 Å². The summed E-state index contributed by atoms with van der Waals surface area (Å²) in [5, 5.41) is 18.1. The molecule has 8 nitrogen and oxygen atoms in total. The van der Waals surface area contributed by atoms with Crippen molar-refractivity contribution in [3.63, 3.8) is 0 Å². The van der Waals surface area contributed by atoms with Crippen LogP contribution in [0.2, 0.25) is 0 Å². The molecule has 1 aliphatic rings. The van der Waals surface area contributed by atoms with Crippen LogP contribution in [0.1, 0.15) is 46.8 Å². The topological polar surface area (TPSA) is 110 Å². The van der Waals surface area contributed by atoms with E-state index in [1.807, 2.05) is 54.1 Å². The molecule has 1 saturated heterocycles.